The Labute approximate surface area is 192 Å². The first kappa shape index (κ1) is 22.6. The van der Waals surface area contributed by atoms with Crippen LogP contribution in [0.5, 0.6) is 5.75 Å². The van der Waals surface area contributed by atoms with Gasteiger partial charge in [0.15, 0.2) is 8.68 Å². The molecule has 0 saturated carbocycles. The summed E-state index contributed by atoms with van der Waals surface area (Å²) >= 11 is 10.3. The fourth-order valence-electron chi connectivity index (χ4n) is 2.33. The van der Waals surface area contributed by atoms with E-state index in [2.05, 4.69) is 20.7 Å². The normalized spacial score (nSPS) is 11.5. The van der Waals surface area contributed by atoms with E-state index in [1.807, 2.05) is 31.2 Å². The third-order valence-corrected chi connectivity index (χ3v) is 7.35. The van der Waals surface area contributed by atoms with Crippen molar-refractivity contribution in [3.63, 3.8) is 0 Å². The number of rotatable bonds is 9. The number of nitrogens with one attached hydrogen (secondary N) is 1. The van der Waals surface area contributed by atoms with Crippen molar-refractivity contribution < 1.29 is 9.90 Å². The number of aromatic hydroxyl groups is 1. The molecule has 0 unspecified atom stereocenters. The lowest BCUT2D eigenvalue weighted by Gasteiger charge is -2.05. The molecule has 0 aliphatic rings. The van der Waals surface area contributed by atoms with Crippen molar-refractivity contribution in [3.8, 4) is 5.75 Å². The summed E-state index contributed by atoms with van der Waals surface area (Å²) in [6, 6.07) is 14.4. The highest BCUT2D eigenvalue weighted by atomic mass is 35.5. The molecule has 2 N–H and O–H groups in total. The molecule has 0 atom stereocenters. The van der Waals surface area contributed by atoms with Crippen LogP contribution in [0.15, 0.2) is 62.3 Å². The molecule has 1 heterocycles. The quantitative estimate of drug-likeness (QED) is 0.249. The molecule has 3 rings (SSSR count). The highest BCUT2D eigenvalue weighted by molar-refractivity contribution is 8.03. The van der Waals surface area contributed by atoms with Crippen LogP contribution in [0.3, 0.4) is 0 Å². The van der Waals surface area contributed by atoms with Gasteiger partial charge in [-0.2, -0.15) is 5.10 Å². The standard InChI is InChI=1S/C20H19ClN4O2S3/c1-2-17(14-5-9-16(26)10-6-14)22-23-18(27)12-29-20-25-24-19(30-20)28-11-13-3-7-15(21)8-4-13/h3-10,26H,2,11-12H2,1H3,(H,23,27). The molecule has 3 aromatic rings. The Morgan fingerprint density at radius 1 is 1.10 bits per heavy atom. The molecule has 0 saturated heterocycles. The van der Waals surface area contributed by atoms with Crippen LogP contribution in [0, 0.1) is 0 Å². The van der Waals surface area contributed by atoms with Crippen molar-refractivity contribution in [3.05, 3.63) is 64.7 Å². The lowest BCUT2D eigenvalue weighted by Crippen LogP contribution is -2.21. The van der Waals surface area contributed by atoms with Gasteiger partial charge in [0, 0.05) is 10.8 Å². The average Bonchev–Trinajstić information content (AvgIpc) is 3.21. The molecule has 1 amide bonds. The maximum Gasteiger partial charge on any atom is 0.250 e. The smallest absolute Gasteiger partial charge is 0.250 e. The summed E-state index contributed by atoms with van der Waals surface area (Å²) in [6.07, 6.45) is 0.656. The van der Waals surface area contributed by atoms with E-state index in [-0.39, 0.29) is 17.4 Å². The fourth-order valence-corrected chi connectivity index (χ4v) is 5.22. The SMILES string of the molecule is CCC(=NNC(=O)CSc1nnc(SCc2ccc(Cl)cc2)s1)c1ccc(O)cc1. The molecule has 2 aromatic carbocycles. The molecule has 30 heavy (non-hydrogen) atoms. The first-order valence-corrected chi connectivity index (χ1v) is 12.2. The Bertz CT molecular complexity index is 1010. The van der Waals surface area contributed by atoms with Crippen LogP contribution in [0.2, 0.25) is 5.02 Å². The molecule has 10 heteroatoms. The van der Waals surface area contributed by atoms with Crippen molar-refractivity contribution in [2.24, 2.45) is 5.10 Å². The van der Waals surface area contributed by atoms with E-state index < -0.39 is 0 Å². The van der Waals surface area contributed by atoms with Crippen molar-refractivity contribution in [1.29, 1.82) is 0 Å². The van der Waals surface area contributed by atoms with Crippen LogP contribution in [-0.4, -0.2) is 32.7 Å². The molecular formula is C20H19ClN4O2S3. The number of hydrogen-bond acceptors (Lipinski definition) is 8. The van der Waals surface area contributed by atoms with E-state index in [9.17, 15) is 9.90 Å². The number of aromatic nitrogens is 2. The van der Waals surface area contributed by atoms with Gasteiger partial charge >= 0.3 is 0 Å². The zero-order valence-electron chi connectivity index (χ0n) is 16.0. The monoisotopic (exact) mass is 478 g/mol. The minimum absolute atomic E-state index is 0.192. The van der Waals surface area contributed by atoms with Crippen LogP contribution in [0.4, 0.5) is 0 Å². The second-order valence-electron chi connectivity index (χ2n) is 6.03. The molecule has 156 valence electrons. The van der Waals surface area contributed by atoms with Gasteiger partial charge < -0.3 is 5.11 Å². The maximum absolute atomic E-state index is 12.1. The van der Waals surface area contributed by atoms with Gasteiger partial charge in [-0.15, -0.1) is 10.2 Å². The minimum Gasteiger partial charge on any atom is -0.508 e. The fraction of sp³-hybridized carbons (Fsp3) is 0.200. The zero-order valence-corrected chi connectivity index (χ0v) is 19.2. The number of hydrazone groups is 1. The van der Waals surface area contributed by atoms with Crippen molar-refractivity contribution in [2.45, 2.75) is 27.8 Å². The van der Waals surface area contributed by atoms with E-state index in [0.29, 0.717) is 6.42 Å². The Hall–Kier alpha value is -2.07. The number of halogens is 1. The number of thioether (sulfide) groups is 2. The summed E-state index contributed by atoms with van der Waals surface area (Å²) in [5, 5.41) is 22.6. The van der Waals surface area contributed by atoms with Crippen LogP contribution in [0.1, 0.15) is 24.5 Å². The van der Waals surface area contributed by atoms with Crippen molar-refractivity contribution in [2.75, 3.05) is 5.75 Å². The van der Waals surface area contributed by atoms with Gasteiger partial charge in [-0.25, -0.2) is 5.43 Å². The predicted octanol–water partition coefficient (Wildman–Crippen LogP) is 5.21. The van der Waals surface area contributed by atoms with E-state index in [1.54, 1.807) is 36.0 Å². The molecular weight excluding hydrogens is 460 g/mol. The third-order valence-electron chi connectivity index (χ3n) is 3.84. The van der Waals surface area contributed by atoms with Gasteiger partial charge in [0.1, 0.15) is 5.75 Å². The number of carbonyl (C=O) groups excluding carboxylic acids is 1. The predicted molar refractivity (Wildman–Crippen MR) is 125 cm³/mol. The number of hydrogen-bond donors (Lipinski definition) is 2. The second kappa shape index (κ2) is 11.4. The van der Waals surface area contributed by atoms with E-state index in [4.69, 9.17) is 11.6 Å². The van der Waals surface area contributed by atoms with E-state index in [1.165, 1.54) is 23.1 Å². The van der Waals surface area contributed by atoms with Gasteiger partial charge in [-0.05, 0) is 53.9 Å². The van der Waals surface area contributed by atoms with Gasteiger partial charge in [-0.1, -0.05) is 65.5 Å². The second-order valence-corrected chi connectivity index (χ2v) is 9.89. The summed E-state index contributed by atoms with van der Waals surface area (Å²) in [6.45, 7) is 1.96. The number of benzene rings is 2. The van der Waals surface area contributed by atoms with E-state index >= 15 is 0 Å². The molecule has 6 nitrogen and oxygen atoms in total. The Morgan fingerprint density at radius 2 is 1.77 bits per heavy atom. The number of carbonyl (C=O) groups is 1. The number of amides is 1. The van der Waals surface area contributed by atoms with Crippen LogP contribution in [0.25, 0.3) is 0 Å². The van der Waals surface area contributed by atoms with Crippen LogP contribution < -0.4 is 5.43 Å². The lowest BCUT2D eigenvalue weighted by molar-refractivity contribution is -0.118. The highest BCUT2D eigenvalue weighted by Crippen LogP contribution is 2.30. The minimum atomic E-state index is -0.213. The lowest BCUT2D eigenvalue weighted by atomic mass is 10.1. The first-order valence-electron chi connectivity index (χ1n) is 9.02. The first-order chi connectivity index (χ1) is 14.5. The molecule has 0 fully saturated rings. The number of phenols is 1. The molecule has 0 spiro atoms. The number of nitrogens with zero attached hydrogens (tertiary/aromatic N) is 3. The largest absolute Gasteiger partial charge is 0.508 e. The Kier molecular flexibility index (Phi) is 8.56. The Balaban J connectivity index is 1.46. The molecule has 0 radical (unpaired) electrons. The average molecular weight is 479 g/mol. The van der Waals surface area contributed by atoms with Gasteiger partial charge in [0.05, 0.1) is 11.5 Å². The molecule has 1 aromatic heterocycles. The summed E-state index contributed by atoms with van der Waals surface area (Å²) in [4.78, 5) is 12.1. The van der Waals surface area contributed by atoms with Gasteiger partial charge in [0.2, 0.25) is 0 Å². The summed E-state index contributed by atoms with van der Waals surface area (Å²) in [5.41, 5.74) is 5.34. The van der Waals surface area contributed by atoms with Crippen molar-refractivity contribution >= 4 is 58.1 Å². The zero-order chi connectivity index (χ0) is 21.3. The topological polar surface area (TPSA) is 87.5 Å². The molecule has 0 aliphatic carbocycles. The van der Waals surface area contributed by atoms with Crippen molar-refractivity contribution in [1.82, 2.24) is 15.6 Å². The number of phenolic OH excluding ortho intramolecular Hbond substituents is 1. The highest BCUT2D eigenvalue weighted by Gasteiger charge is 2.09. The molecule has 0 bridgehead atoms. The summed E-state index contributed by atoms with van der Waals surface area (Å²) < 4.78 is 1.59. The van der Waals surface area contributed by atoms with Gasteiger partial charge in [0.25, 0.3) is 5.91 Å². The van der Waals surface area contributed by atoms with Crippen LogP contribution in [-0.2, 0) is 10.5 Å². The molecule has 0 aliphatic heterocycles. The van der Waals surface area contributed by atoms with Gasteiger partial charge in [-0.3, -0.25) is 4.79 Å². The van der Waals surface area contributed by atoms with Crippen LogP contribution >= 0.6 is 46.5 Å². The third kappa shape index (κ3) is 7.02. The summed E-state index contributed by atoms with van der Waals surface area (Å²) in [5.74, 6) is 0.961. The maximum atomic E-state index is 12.1. The van der Waals surface area contributed by atoms with E-state index in [0.717, 1.165) is 36.3 Å². The summed E-state index contributed by atoms with van der Waals surface area (Å²) in [7, 11) is 0. The Morgan fingerprint density at radius 3 is 2.43 bits per heavy atom.